The quantitative estimate of drug-likeness (QED) is 0.614. The second-order valence-electron chi connectivity index (χ2n) is 3.99. The Kier molecular flexibility index (Phi) is 5.40. The highest BCUT2D eigenvalue weighted by atomic mass is 16.5. The summed E-state index contributed by atoms with van der Waals surface area (Å²) in [5.41, 5.74) is 0. The predicted octanol–water partition coefficient (Wildman–Crippen LogP) is 2.19. The van der Waals surface area contributed by atoms with Gasteiger partial charge in [-0.15, -0.1) is 0 Å². The maximum Gasteiger partial charge on any atom is 0.0480 e. The van der Waals surface area contributed by atoms with E-state index in [9.17, 15) is 0 Å². The third kappa shape index (κ3) is 3.65. The van der Waals surface area contributed by atoms with Gasteiger partial charge in [0.1, 0.15) is 0 Å². The summed E-state index contributed by atoms with van der Waals surface area (Å²) < 4.78 is 5.49. The van der Waals surface area contributed by atoms with Crippen LogP contribution in [0.5, 0.6) is 0 Å². The number of hydrogen-bond acceptors (Lipinski definition) is 2. The monoisotopic (exact) mass is 185 g/mol. The molecule has 0 spiro atoms. The van der Waals surface area contributed by atoms with Crippen molar-refractivity contribution in [3.8, 4) is 0 Å². The first-order valence-electron chi connectivity index (χ1n) is 5.63. The minimum absolute atomic E-state index is 0.700. The standard InChI is InChI=1S/C11H23NO/c1-3-8-13-9-7-11(12-2)10-5-4-6-10/h10-12H,3-9H2,1-2H3. The summed E-state index contributed by atoms with van der Waals surface area (Å²) in [5.74, 6) is 0.926. The first-order chi connectivity index (χ1) is 6.38. The number of hydrogen-bond donors (Lipinski definition) is 1. The van der Waals surface area contributed by atoms with Crippen LogP contribution >= 0.6 is 0 Å². The van der Waals surface area contributed by atoms with Gasteiger partial charge in [0.2, 0.25) is 0 Å². The molecule has 1 aliphatic rings. The molecule has 1 rings (SSSR count). The van der Waals surface area contributed by atoms with E-state index < -0.39 is 0 Å². The zero-order valence-corrected chi connectivity index (χ0v) is 9.01. The molecule has 1 atom stereocenters. The molecule has 1 fully saturated rings. The number of rotatable bonds is 7. The lowest BCUT2D eigenvalue weighted by molar-refractivity contribution is 0.109. The van der Waals surface area contributed by atoms with Gasteiger partial charge in [-0.2, -0.15) is 0 Å². The fourth-order valence-corrected chi connectivity index (χ4v) is 1.91. The Hall–Kier alpha value is -0.0800. The molecule has 0 aliphatic heterocycles. The zero-order chi connectivity index (χ0) is 9.52. The van der Waals surface area contributed by atoms with Crippen molar-refractivity contribution in [3.63, 3.8) is 0 Å². The van der Waals surface area contributed by atoms with E-state index >= 15 is 0 Å². The predicted molar refractivity (Wildman–Crippen MR) is 55.9 cm³/mol. The van der Waals surface area contributed by atoms with Crippen molar-refractivity contribution >= 4 is 0 Å². The fourth-order valence-electron chi connectivity index (χ4n) is 1.91. The van der Waals surface area contributed by atoms with E-state index in [1.54, 1.807) is 0 Å². The molecule has 0 heterocycles. The fraction of sp³-hybridized carbons (Fsp3) is 1.00. The minimum atomic E-state index is 0.700. The van der Waals surface area contributed by atoms with E-state index in [1.807, 2.05) is 0 Å². The Balaban J connectivity index is 2.02. The van der Waals surface area contributed by atoms with Crippen molar-refractivity contribution < 1.29 is 4.74 Å². The second kappa shape index (κ2) is 6.39. The summed E-state index contributed by atoms with van der Waals surface area (Å²) in [6, 6.07) is 0.700. The largest absolute Gasteiger partial charge is 0.381 e. The van der Waals surface area contributed by atoms with Crippen LogP contribution in [-0.2, 0) is 4.74 Å². The van der Waals surface area contributed by atoms with Crippen LogP contribution in [0.25, 0.3) is 0 Å². The van der Waals surface area contributed by atoms with Crippen LogP contribution in [0.2, 0.25) is 0 Å². The van der Waals surface area contributed by atoms with Crippen molar-refractivity contribution in [2.45, 2.75) is 45.1 Å². The zero-order valence-electron chi connectivity index (χ0n) is 9.01. The topological polar surface area (TPSA) is 21.3 Å². The first-order valence-corrected chi connectivity index (χ1v) is 5.63. The highest BCUT2D eigenvalue weighted by molar-refractivity contribution is 4.81. The van der Waals surface area contributed by atoms with Gasteiger partial charge in [-0.3, -0.25) is 0 Å². The molecular formula is C11H23NO. The molecule has 0 radical (unpaired) electrons. The van der Waals surface area contributed by atoms with Crippen LogP contribution in [0.4, 0.5) is 0 Å². The maximum atomic E-state index is 5.49. The Labute approximate surface area is 82.0 Å². The summed E-state index contributed by atoms with van der Waals surface area (Å²) in [7, 11) is 2.07. The lowest BCUT2D eigenvalue weighted by Crippen LogP contribution is -2.38. The summed E-state index contributed by atoms with van der Waals surface area (Å²) >= 11 is 0. The SMILES string of the molecule is CCCOCCC(NC)C1CCC1. The van der Waals surface area contributed by atoms with Crippen molar-refractivity contribution in [1.29, 1.82) is 0 Å². The van der Waals surface area contributed by atoms with Crippen LogP contribution in [0.15, 0.2) is 0 Å². The molecule has 1 saturated carbocycles. The Bertz CT molecular complexity index is 123. The van der Waals surface area contributed by atoms with Crippen LogP contribution in [-0.4, -0.2) is 26.3 Å². The highest BCUT2D eigenvalue weighted by Gasteiger charge is 2.25. The lowest BCUT2D eigenvalue weighted by Gasteiger charge is -2.33. The first kappa shape index (κ1) is 11.0. The van der Waals surface area contributed by atoms with E-state index in [-0.39, 0.29) is 0 Å². The molecule has 0 aromatic rings. The third-order valence-corrected chi connectivity index (χ3v) is 3.01. The van der Waals surface area contributed by atoms with E-state index in [0.717, 1.165) is 25.6 Å². The van der Waals surface area contributed by atoms with Gasteiger partial charge in [-0.25, -0.2) is 0 Å². The number of nitrogens with one attached hydrogen (secondary N) is 1. The Morgan fingerprint density at radius 2 is 2.15 bits per heavy atom. The van der Waals surface area contributed by atoms with E-state index in [1.165, 1.54) is 25.7 Å². The van der Waals surface area contributed by atoms with Gasteiger partial charge in [0.25, 0.3) is 0 Å². The van der Waals surface area contributed by atoms with E-state index in [0.29, 0.717) is 6.04 Å². The maximum absolute atomic E-state index is 5.49. The molecule has 2 nitrogen and oxygen atoms in total. The van der Waals surface area contributed by atoms with Gasteiger partial charge < -0.3 is 10.1 Å². The molecule has 1 N–H and O–H groups in total. The summed E-state index contributed by atoms with van der Waals surface area (Å²) in [4.78, 5) is 0. The Morgan fingerprint density at radius 3 is 2.62 bits per heavy atom. The molecular weight excluding hydrogens is 162 g/mol. The molecule has 0 amide bonds. The van der Waals surface area contributed by atoms with Gasteiger partial charge in [0, 0.05) is 19.3 Å². The van der Waals surface area contributed by atoms with Crippen LogP contribution in [0.3, 0.4) is 0 Å². The molecule has 1 aliphatic carbocycles. The van der Waals surface area contributed by atoms with Crippen LogP contribution in [0, 0.1) is 5.92 Å². The van der Waals surface area contributed by atoms with Gasteiger partial charge in [-0.1, -0.05) is 13.3 Å². The van der Waals surface area contributed by atoms with Gasteiger partial charge in [0.05, 0.1) is 0 Å². The molecule has 0 aromatic carbocycles. The molecule has 2 heteroatoms. The smallest absolute Gasteiger partial charge is 0.0480 e. The van der Waals surface area contributed by atoms with E-state index in [2.05, 4.69) is 19.3 Å². The number of ether oxygens (including phenoxy) is 1. The van der Waals surface area contributed by atoms with Crippen molar-refractivity contribution in [3.05, 3.63) is 0 Å². The second-order valence-corrected chi connectivity index (χ2v) is 3.99. The van der Waals surface area contributed by atoms with Crippen molar-refractivity contribution in [1.82, 2.24) is 5.32 Å². The molecule has 0 saturated heterocycles. The van der Waals surface area contributed by atoms with Crippen LogP contribution < -0.4 is 5.32 Å². The van der Waals surface area contributed by atoms with E-state index in [4.69, 9.17) is 4.74 Å². The summed E-state index contributed by atoms with van der Waals surface area (Å²) in [5, 5.41) is 3.40. The molecule has 13 heavy (non-hydrogen) atoms. The van der Waals surface area contributed by atoms with Gasteiger partial charge in [-0.05, 0) is 38.6 Å². The summed E-state index contributed by atoms with van der Waals surface area (Å²) in [6.45, 7) is 4.00. The minimum Gasteiger partial charge on any atom is -0.381 e. The van der Waals surface area contributed by atoms with Crippen molar-refractivity contribution in [2.24, 2.45) is 5.92 Å². The average Bonchev–Trinajstić information content (AvgIpc) is 2.07. The van der Waals surface area contributed by atoms with Crippen molar-refractivity contribution in [2.75, 3.05) is 20.3 Å². The highest BCUT2D eigenvalue weighted by Crippen LogP contribution is 2.30. The normalized spacial score (nSPS) is 19.8. The summed E-state index contributed by atoms with van der Waals surface area (Å²) in [6.07, 6.45) is 6.58. The van der Waals surface area contributed by atoms with Crippen LogP contribution in [0.1, 0.15) is 39.0 Å². The molecule has 0 bridgehead atoms. The lowest BCUT2D eigenvalue weighted by atomic mass is 9.79. The molecule has 0 aromatic heterocycles. The molecule has 78 valence electrons. The van der Waals surface area contributed by atoms with Gasteiger partial charge in [0.15, 0.2) is 0 Å². The molecule has 1 unspecified atom stereocenters. The Morgan fingerprint density at radius 1 is 1.38 bits per heavy atom. The van der Waals surface area contributed by atoms with Gasteiger partial charge >= 0.3 is 0 Å². The third-order valence-electron chi connectivity index (χ3n) is 3.01. The average molecular weight is 185 g/mol.